The van der Waals surface area contributed by atoms with Crippen LogP contribution < -0.4 is 4.90 Å². The minimum Gasteiger partial charge on any atom is -0.355 e. The van der Waals surface area contributed by atoms with E-state index in [0.717, 1.165) is 50.2 Å². The van der Waals surface area contributed by atoms with Gasteiger partial charge < -0.3 is 9.97 Å². The molecule has 2 amide bonds. The molecule has 7 heteroatoms. The first-order valence-electron chi connectivity index (χ1n) is 22.0. The number of nitrogens with one attached hydrogen (secondary N) is 2. The monoisotopic (exact) mass is 831 g/mol. The maximum atomic E-state index is 14.5. The first kappa shape index (κ1) is 41.7. The first-order chi connectivity index (χ1) is 29.5. The second-order valence-electron chi connectivity index (χ2n) is 21.4. The molecule has 9 rings (SSSR count). The van der Waals surface area contributed by atoms with Gasteiger partial charge in [-0.3, -0.25) is 9.59 Å². The number of aromatic nitrogens is 4. The predicted molar refractivity (Wildman–Crippen MR) is 262 cm³/mol. The number of hydrogen-bond donors (Lipinski definition) is 2. The van der Waals surface area contributed by atoms with Gasteiger partial charge >= 0.3 is 0 Å². The van der Waals surface area contributed by atoms with E-state index in [1.165, 1.54) is 27.2 Å². The fourth-order valence-corrected chi connectivity index (χ4v) is 8.64. The fraction of sp³-hybridized carbons (Fsp3) is 0.286. The summed E-state index contributed by atoms with van der Waals surface area (Å²) >= 11 is 0. The minimum absolute atomic E-state index is 0.120. The predicted octanol–water partition coefficient (Wildman–Crippen LogP) is 14.0. The molecule has 0 saturated heterocycles. The van der Waals surface area contributed by atoms with Crippen LogP contribution in [-0.4, -0.2) is 31.8 Å². The van der Waals surface area contributed by atoms with E-state index >= 15 is 0 Å². The van der Waals surface area contributed by atoms with Crippen molar-refractivity contribution in [3.05, 3.63) is 147 Å². The average molecular weight is 832 g/mol. The lowest BCUT2D eigenvalue weighted by molar-refractivity contribution is 0.0926. The number of aromatic amines is 2. The topological polar surface area (TPSA) is 94.7 Å². The van der Waals surface area contributed by atoms with Crippen LogP contribution in [0.5, 0.6) is 0 Å². The largest absolute Gasteiger partial charge is 0.355 e. The molecule has 0 aliphatic carbocycles. The summed E-state index contributed by atoms with van der Waals surface area (Å²) in [5.74, 6) is -0.775. The Balaban J connectivity index is 1.43. The van der Waals surface area contributed by atoms with E-state index in [0.29, 0.717) is 33.7 Å². The zero-order chi connectivity index (χ0) is 45.0. The van der Waals surface area contributed by atoms with Crippen molar-refractivity contribution in [2.75, 3.05) is 4.90 Å². The van der Waals surface area contributed by atoms with E-state index in [4.69, 9.17) is 9.97 Å². The van der Waals surface area contributed by atoms with Gasteiger partial charge in [-0.2, -0.15) is 0 Å². The smallest absolute Gasteiger partial charge is 0.266 e. The maximum absolute atomic E-state index is 14.5. The number of nitrogens with zero attached hydrogens (tertiary/aromatic N) is 3. The first-order valence-corrected chi connectivity index (χ1v) is 22.0. The highest BCUT2D eigenvalue weighted by molar-refractivity contribution is 6.36. The van der Waals surface area contributed by atoms with Crippen LogP contribution in [0.3, 0.4) is 0 Å². The van der Waals surface area contributed by atoms with Crippen molar-refractivity contribution in [3.63, 3.8) is 0 Å². The Morgan fingerprint density at radius 3 is 1.38 bits per heavy atom. The summed E-state index contributed by atoms with van der Waals surface area (Å²) in [5.41, 5.74) is 15.4. The van der Waals surface area contributed by atoms with Crippen LogP contribution in [0.15, 0.2) is 91.0 Å². The number of anilines is 1. The average Bonchev–Trinajstić information content (AvgIpc) is 4.07. The fourth-order valence-electron chi connectivity index (χ4n) is 8.64. The van der Waals surface area contributed by atoms with E-state index in [1.807, 2.05) is 24.3 Å². The van der Waals surface area contributed by atoms with Crippen molar-refractivity contribution >= 4 is 63.9 Å². The summed E-state index contributed by atoms with van der Waals surface area (Å²) in [6, 6.07) is 31.0. The highest BCUT2D eigenvalue weighted by atomic mass is 16.2. The summed E-state index contributed by atoms with van der Waals surface area (Å²) in [7, 11) is 0. The van der Waals surface area contributed by atoms with Crippen LogP contribution in [0.4, 0.5) is 5.69 Å². The van der Waals surface area contributed by atoms with Crippen LogP contribution in [0, 0.1) is 0 Å². The quantitative estimate of drug-likeness (QED) is 0.173. The van der Waals surface area contributed by atoms with Gasteiger partial charge in [0.25, 0.3) is 11.8 Å². The number of imide groups is 1. The molecule has 6 aromatic rings. The van der Waals surface area contributed by atoms with Gasteiger partial charge in [-0.25, -0.2) is 14.9 Å². The molecule has 6 heterocycles. The van der Waals surface area contributed by atoms with Crippen LogP contribution in [-0.2, 0) is 21.7 Å². The Morgan fingerprint density at radius 2 is 0.873 bits per heavy atom. The van der Waals surface area contributed by atoms with Crippen LogP contribution in [0.2, 0.25) is 0 Å². The molecule has 0 unspecified atom stereocenters. The van der Waals surface area contributed by atoms with Crippen molar-refractivity contribution in [1.82, 2.24) is 19.9 Å². The molecule has 0 fully saturated rings. The highest BCUT2D eigenvalue weighted by Gasteiger charge is 2.39. The van der Waals surface area contributed by atoms with E-state index in [-0.39, 0.29) is 33.5 Å². The molecule has 3 aliphatic rings. The summed E-state index contributed by atoms with van der Waals surface area (Å²) in [6.07, 6.45) is 8.07. The van der Waals surface area contributed by atoms with E-state index in [1.54, 1.807) is 24.3 Å². The summed E-state index contributed by atoms with van der Waals surface area (Å²) < 4.78 is 0. The number of benzene rings is 3. The lowest BCUT2D eigenvalue weighted by Gasteiger charge is -2.26. The molecule has 2 N–H and O–H groups in total. The molecular formula is C56H57N5O2. The van der Waals surface area contributed by atoms with E-state index in [9.17, 15) is 9.59 Å². The number of rotatable bonds is 3. The van der Waals surface area contributed by atoms with Gasteiger partial charge in [0, 0.05) is 27.7 Å². The third-order valence-corrected chi connectivity index (χ3v) is 12.5. The number of carbonyl (C=O) groups is 2. The van der Waals surface area contributed by atoms with Crippen molar-refractivity contribution < 1.29 is 9.59 Å². The molecule has 3 aliphatic heterocycles. The number of hydrogen-bond acceptors (Lipinski definition) is 4. The van der Waals surface area contributed by atoms with Gasteiger partial charge in [0.1, 0.15) is 5.69 Å². The number of H-pyrrole nitrogens is 2. The van der Waals surface area contributed by atoms with E-state index in [2.05, 4.69) is 160 Å². The Bertz CT molecular complexity index is 2970. The Labute approximate surface area is 371 Å². The van der Waals surface area contributed by atoms with Gasteiger partial charge in [0.2, 0.25) is 0 Å². The molecule has 3 aromatic heterocycles. The van der Waals surface area contributed by atoms with Gasteiger partial charge in [0.05, 0.1) is 39.4 Å². The zero-order valence-corrected chi connectivity index (χ0v) is 38.6. The second-order valence-corrected chi connectivity index (χ2v) is 21.4. The second kappa shape index (κ2) is 14.5. The summed E-state index contributed by atoms with van der Waals surface area (Å²) in [4.78, 5) is 48.4. The van der Waals surface area contributed by atoms with Gasteiger partial charge in [0.15, 0.2) is 0 Å². The number of fused-ring (bicyclic) bond motifs is 9. The normalized spacial score (nSPS) is 14.3. The maximum Gasteiger partial charge on any atom is 0.266 e. The molecule has 8 bridgehead atoms. The van der Waals surface area contributed by atoms with Crippen LogP contribution in [0.25, 0.3) is 68.6 Å². The summed E-state index contributed by atoms with van der Waals surface area (Å²) in [5, 5.41) is 0. The molecule has 63 heavy (non-hydrogen) atoms. The third kappa shape index (κ3) is 7.58. The van der Waals surface area contributed by atoms with Crippen molar-refractivity contribution in [2.24, 2.45) is 0 Å². The molecule has 7 nitrogen and oxygen atoms in total. The van der Waals surface area contributed by atoms with Crippen LogP contribution in [0.1, 0.15) is 149 Å². The van der Waals surface area contributed by atoms with Gasteiger partial charge in [-0.05, 0) is 122 Å². The molecule has 0 spiro atoms. The van der Waals surface area contributed by atoms with Gasteiger partial charge in [-0.15, -0.1) is 0 Å². The van der Waals surface area contributed by atoms with Crippen molar-refractivity contribution in [3.8, 4) is 22.3 Å². The van der Waals surface area contributed by atoms with Crippen molar-refractivity contribution in [1.29, 1.82) is 0 Å². The molecule has 318 valence electrons. The molecule has 0 saturated carbocycles. The molecule has 0 radical (unpaired) electrons. The number of carbonyl (C=O) groups excluding carboxylic acids is 2. The molecular weight excluding hydrogens is 775 g/mol. The van der Waals surface area contributed by atoms with E-state index < -0.39 is 0 Å². The van der Waals surface area contributed by atoms with Crippen molar-refractivity contribution in [2.45, 2.75) is 105 Å². The lowest BCUT2D eigenvalue weighted by atomic mass is 9.78. The SMILES string of the molecule is CC(C)(C)c1cc(-c2c3nc(c(N4C(=O)c5ccccc5C4=O)c4ccc([nH]4)c(-c4cc(C(C)(C)C)cc(C(C)(C)C)c4)c4nc(cc5ccc2[nH]5)C=C4)C=C3)cc(C(C)(C)C)c1. The Morgan fingerprint density at radius 1 is 0.444 bits per heavy atom. The minimum atomic E-state index is -0.388. The Kier molecular flexibility index (Phi) is 9.59. The Hall–Kier alpha value is -6.60. The van der Waals surface area contributed by atoms with Gasteiger partial charge in [-0.1, -0.05) is 132 Å². The molecule has 0 atom stereocenters. The molecule has 3 aromatic carbocycles. The lowest BCUT2D eigenvalue weighted by Crippen LogP contribution is -2.30. The zero-order valence-electron chi connectivity index (χ0n) is 38.6. The summed E-state index contributed by atoms with van der Waals surface area (Å²) in [6.45, 7) is 26.9. The third-order valence-electron chi connectivity index (χ3n) is 12.5. The highest BCUT2D eigenvalue weighted by Crippen LogP contribution is 2.42. The van der Waals surface area contributed by atoms with Crippen LogP contribution >= 0.6 is 0 Å². The standard InChI is InChI=1S/C56H57N5O2/c1-53(2,3)34-25-32(26-35(29-34)54(4,5)6)48-42-19-17-38(57-42)31-39-18-20-43(58-39)49(33-27-36(55(7,8)9)30-37(28-33)56(10,11)12)45-22-24-47(60-45)50(46-23-21-44(48)59-46)61-51(62)40-15-13-14-16-41(40)52(61)63/h13-31,57,60H,1-12H3. The number of amides is 2.